The van der Waals surface area contributed by atoms with Crippen LogP contribution in [0.15, 0.2) is 60.7 Å². The third kappa shape index (κ3) is 2.65. The number of rotatable bonds is 2. The second kappa shape index (κ2) is 5.48. The number of hydrogen-bond donors (Lipinski definition) is 0. The second-order valence-corrected chi connectivity index (χ2v) is 6.69. The monoisotopic (exact) mass is 278 g/mol. The van der Waals surface area contributed by atoms with Gasteiger partial charge in [0, 0.05) is 12.8 Å². The number of hydrogen-bond acceptors (Lipinski definition) is 1. The van der Waals surface area contributed by atoms with Gasteiger partial charge in [0.15, 0.2) is 0 Å². The fourth-order valence-electron chi connectivity index (χ4n) is 3.77. The smallest absolute Gasteiger partial charge is 0.134 e. The SMILES string of the molecule is CC1(C)[C@@H](c2ccccc2)CC(=O)C[C@H]1c1ccccc1. The Morgan fingerprint density at radius 1 is 0.762 bits per heavy atom. The third-order valence-electron chi connectivity index (χ3n) is 5.06. The summed E-state index contributed by atoms with van der Waals surface area (Å²) in [6.07, 6.45) is 1.33. The average molecular weight is 278 g/mol. The molecular weight excluding hydrogens is 256 g/mol. The molecule has 0 bridgehead atoms. The summed E-state index contributed by atoms with van der Waals surface area (Å²) < 4.78 is 0. The minimum Gasteiger partial charge on any atom is -0.300 e. The van der Waals surface area contributed by atoms with E-state index in [0.29, 0.717) is 30.5 Å². The number of carbonyl (C=O) groups excluding carboxylic acids is 1. The van der Waals surface area contributed by atoms with Crippen LogP contribution in [0.3, 0.4) is 0 Å². The predicted molar refractivity (Wildman–Crippen MR) is 86.4 cm³/mol. The molecule has 21 heavy (non-hydrogen) atoms. The summed E-state index contributed by atoms with van der Waals surface area (Å²) in [6.45, 7) is 4.63. The Kier molecular flexibility index (Phi) is 3.67. The maximum Gasteiger partial charge on any atom is 0.134 e. The number of ketones is 1. The first-order valence-electron chi connectivity index (χ1n) is 7.70. The largest absolute Gasteiger partial charge is 0.300 e. The second-order valence-electron chi connectivity index (χ2n) is 6.69. The molecule has 2 aromatic rings. The van der Waals surface area contributed by atoms with E-state index in [9.17, 15) is 4.79 Å². The summed E-state index contributed by atoms with van der Waals surface area (Å²) >= 11 is 0. The quantitative estimate of drug-likeness (QED) is 0.760. The van der Waals surface area contributed by atoms with Gasteiger partial charge in [-0.15, -0.1) is 0 Å². The van der Waals surface area contributed by atoms with Crippen molar-refractivity contribution in [2.24, 2.45) is 5.41 Å². The first kappa shape index (κ1) is 14.1. The van der Waals surface area contributed by atoms with Crippen molar-refractivity contribution in [3.8, 4) is 0 Å². The molecule has 1 fully saturated rings. The summed E-state index contributed by atoms with van der Waals surface area (Å²) in [5.41, 5.74) is 2.66. The molecule has 0 radical (unpaired) electrons. The highest BCUT2D eigenvalue weighted by Gasteiger charge is 2.44. The topological polar surface area (TPSA) is 17.1 Å². The highest BCUT2D eigenvalue weighted by molar-refractivity contribution is 5.81. The Morgan fingerprint density at radius 3 is 1.52 bits per heavy atom. The first-order chi connectivity index (χ1) is 10.1. The van der Waals surface area contributed by atoms with Crippen molar-refractivity contribution in [1.82, 2.24) is 0 Å². The molecule has 0 heterocycles. The average Bonchev–Trinajstić information content (AvgIpc) is 2.51. The maximum absolute atomic E-state index is 12.3. The summed E-state index contributed by atoms with van der Waals surface area (Å²) in [6, 6.07) is 21.0. The van der Waals surface area contributed by atoms with E-state index in [0.717, 1.165) is 0 Å². The van der Waals surface area contributed by atoms with Gasteiger partial charge in [0.05, 0.1) is 0 Å². The molecule has 1 heteroatoms. The van der Waals surface area contributed by atoms with Crippen molar-refractivity contribution in [1.29, 1.82) is 0 Å². The minimum atomic E-state index is 0.0800. The van der Waals surface area contributed by atoms with Crippen LogP contribution in [0, 0.1) is 5.41 Å². The van der Waals surface area contributed by atoms with E-state index in [-0.39, 0.29) is 5.41 Å². The molecule has 108 valence electrons. The lowest BCUT2D eigenvalue weighted by Gasteiger charge is -2.45. The van der Waals surface area contributed by atoms with Gasteiger partial charge in [-0.1, -0.05) is 74.5 Å². The van der Waals surface area contributed by atoms with E-state index in [2.05, 4.69) is 62.4 Å². The number of carbonyl (C=O) groups is 1. The molecule has 0 amide bonds. The van der Waals surface area contributed by atoms with Gasteiger partial charge >= 0.3 is 0 Å². The minimum absolute atomic E-state index is 0.0800. The van der Waals surface area contributed by atoms with Gasteiger partial charge in [0.1, 0.15) is 5.78 Å². The van der Waals surface area contributed by atoms with Crippen molar-refractivity contribution in [2.45, 2.75) is 38.5 Å². The Morgan fingerprint density at radius 2 is 1.14 bits per heavy atom. The molecular formula is C20H22O. The molecule has 0 spiro atoms. The summed E-state index contributed by atoms with van der Waals surface area (Å²) in [4.78, 5) is 12.3. The van der Waals surface area contributed by atoms with Gasteiger partial charge in [0.25, 0.3) is 0 Å². The van der Waals surface area contributed by atoms with Gasteiger partial charge in [-0.05, 0) is 28.4 Å². The molecule has 0 saturated heterocycles. The van der Waals surface area contributed by atoms with Crippen LogP contribution in [0.4, 0.5) is 0 Å². The number of benzene rings is 2. The van der Waals surface area contributed by atoms with Crippen LogP contribution < -0.4 is 0 Å². The lowest BCUT2D eigenvalue weighted by molar-refractivity contribution is -0.123. The van der Waals surface area contributed by atoms with Crippen molar-refractivity contribution in [3.05, 3.63) is 71.8 Å². The van der Waals surface area contributed by atoms with E-state index in [1.807, 2.05) is 12.1 Å². The molecule has 1 aliphatic rings. The predicted octanol–water partition coefficient (Wildman–Crippen LogP) is 4.94. The number of Topliss-reactive ketones (excluding diaryl/α,β-unsaturated/α-hetero) is 1. The molecule has 2 aromatic carbocycles. The summed E-state index contributed by atoms with van der Waals surface area (Å²) in [5.74, 6) is 0.979. The fourth-order valence-corrected chi connectivity index (χ4v) is 3.77. The van der Waals surface area contributed by atoms with Crippen LogP contribution in [0.1, 0.15) is 49.7 Å². The van der Waals surface area contributed by atoms with Gasteiger partial charge in [0.2, 0.25) is 0 Å². The molecule has 1 saturated carbocycles. The van der Waals surface area contributed by atoms with Gasteiger partial charge in [-0.3, -0.25) is 4.79 Å². The standard InChI is InChI=1S/C20H22O/c1-20(2)18(15-9-5-3-6-10-15)13-17(21)14-19(20)16-11-7-4-8-12-16/h3-12,18-19H,13-14H2,1-2H3/t18-,19+. The Labute approximate surface area is 127 Å². The van der Waals surface area contributed by atoms with E-state index < -0.39 is 0 Å². The van der Waals surface area contributed by atoms with Gasteiger partial charge < -0.3 is 0 Å². The zero-order valence-corrected chi connectivity index (χ0v) is 12.8. The zero-order valence-electron chi connectivity index (χ0n) is 12.8. The zero-order chi connectivity index (χ0) is 14.9. The Hall–Kier alpha value is -1.89. The maximum atomic E-state index is 12.3. The van der Waals surface area contributed by atoms with E-state index in [4.69, 9.17) is 0 Å². The summed E-state index contributed by atoms with van der Waals surface area (Å²) in [5, 5.41) is 0. The van der Waals surface area contributed by atoms with E-state index in [1.54, 1.807) is 0 Å². The normalized spacial score (nSPS) is 24.8. The highest BCUT2D eigenvalue weighted by atomic mass is 16.1. The molecule has 0 N–H and O–H groups in total. The van der Waals surface area contributed by atoms with Gasteiger partial charge in [-0.2, -0.15) is 0 Å². The Balaban J connectivity index is 2.01. The van der Waals surface area contributed by atoms with Crippen LogP contribution in [0.5, 0.6) is 0 Å². The fraction of sp³-hybridized carbons (Fsp3) is 0.350. The molecule has 0 aromatic heterocycles. The van der Waals surface area contributed by atoms with E-state index >= 15 is 0 Å². The molecule has 1 nitrogen and oxygen atoms in total. The lowest BCUT2D eigenvalue weighted by Crippen LogP contribution is -2.37. The van der Waals surface area contributed by atoms with Crippen molar-refractivity contribution in [3.63, 3.8) is 0 Å². The van der Waals surface area contributed by atoms with Crippen molar-refractivity contribution in [2.75, 3.05) is 0 Å². The molecule has 2 atom stereocenters. The first-order valence-corrected chi connectivity index (χ1v) is 7.70. The third-order valence-corrected chi connectivity index (χ3v) is 5.06. The van der Waals surface area contributed by atoms with E-state index in [1.165, 1.54) is 11.1 Å². The lowest BCUT2D eigenvalue weighted by atomic mass is 9.58. The highest BCUT2D eigenvalue weighted by Crippen LogP contribution is 2.53. The Bertz CT molecular complexity index is 559. The molecule has 3 rings (SSSR count). The molecule has 0 aliphatic heterocycles. The van der Waals surface area contributed by atoms with Crippen LogP contribution in [-0.4, -0.2) is 5.78 Å². The summed E-state index contributed by atoms with van der Waals surface area (Å²) in [7, 11) is 0. The molecule has 1 aliphatic carbocycles. The van der Waals surface area contributed by atoms with Gasteiger partial charge in [-0.25, -0.2) is 0 Å². The van der Waals surface area contributed by atoms with Crippen molar-refractivity contribution >= 4 is 5.78 Å². The van der Waals surface area contributed by atoms with Crippen LogP contribution in [0.25, 0.3) is 0 Å². The van der Waals surface area contributed by atoms with Crippen molar-refractivity contribution < 1.29 is 4.79 Å². The van der Waals surface area contributed by atoms with Crippen LogP contribution in [0.2, 0.25) is 0 Å². The van der Waals surface area contributed by atoms with Crippen LogP contribution >= 0.6 is 0 Å². The molecule has 0 unspecified atom stereocenters. The van der Waals surface area contributed by atoms with Crippen LogP contribution in [-0.2, 0) is 4.79 Å².